The first kappa shape index (κ1) is 10.0. The van der Waals surface area contributed by atoms with Crippen molar-refractivity contribution in [1.82, 2.24) is 5.06 Å². The Hall–Kier alpha value is -1.06. The van der Waals surface area contributed by atoms with Gasteiger partial charge in [-0.25, -0.2) is 0 Å². The fourth-order valence-electron chi connectivity index (χ4n) is 1.16. The van der Waals surface area contributed by atoms with E-state index in [1.807, 2.05) is 31.2 Å². The van der Waals surface area contributed by atoms with Crippen LogP contribution in [0.4, 0.5) is 0 Å². The van der Waals surface area contributed by atoms with E-state index in [0.717, 1.165) is 16.4 Å². The van der Waals surface area contributed by atoms with Crippen molar-refractivity contribution >= 4 is 0 Å². The molecule has 13 heavy (non-hydrogen) atoms. The molecule has 0 aromatic heterocycles. The van der Waals surface area contributed by atoms with Crippen molar-refractivity contribution in [3.8, 4) is 5.75 Å². The van der Waals surface area contributed by atoms with Gasteiger partial charge in [-0.2, -0.15) is 5.06 Å². The number of hydrogen-bond acceptors (Lipinski definition) is 3. The lowest BCUT2D eigenvalue weighted by atomic mass is 10.2. The van der Waals surface area contributed by atoms with Gasteiger partial charge >= 0.3 is 0 Å². The first-order valence-corrected chi connectivity index (χ1v) is 4.34. The predicted molar refractivity (Wildman–Crippen MR) is 50.9 cm³/mol. The van der Waals surface area contributed by atoms with Crippen LogP contribution in [0.3, 0.4) is 0 Å². The molecule has 0 aliphatic heterocycles. The van der Waals surface area contributed by atoms with Gasteiger partial charge in [0.25, 0.3) is 0 Å². The van der Waals surface area contributed by atoms with E-state index in [4.69, 9.17) is 9.94 Å². The second-order valence-corrected chi connectivity index (χ2v) is 2.90. The van der Waals surface area contributed by atoms with Gasteiger partial charge in [-0.15, -0.1) is 0 Å². The minimum absolute atomic E-state index is 0.515. The highest BCUT2D eigenvalue weighted by molar-refractivity contribution is 5.28. The van der Waals surface area contributed by atoms with Crippen LogP contribution in [-0.4, -0.2) is 23.9 Å². The molecule has 0 amide bonds. The molecule has 1 rings (SSSR count). The Morgan fingerprint density at radius 3 is 2.85 bits per heavy atom. The van der Waals surface area contributed by atoms with Crippen molar-refractivity contribution in [2.75, 3.05) is 13.7 Å². The maximum atomic E-state index is 9.02. The fourth-order valence-corrected chi connectivity index (χ4v) is 1.16. The summed E-state index contributed by atoms with van der Waals surface area (Å²) < 4.78 is 5.33. The summed E-state index contributed by atoms with van der Waals surface area (Å²) in [5, 5.41) is 10.2. The Morgan fingerprint density at radius 2 is 2.23 bits per heavy atom. The standard InChI is InChI=1S/C10H15NO2/c1-3-13-10-6-4-5-9(7-10)8-11(2)12/h4-7,12H,3,8H2,1-2H3. The Morgan fingerprint density at radius 1 is 1.46 bits per heavy atom. The Balaban J connectivity index is 2.67. The second-order valence-electron chi connectivity index (χ2n) is 2.90. The largest absolute Gasteiger partial charge is 0.494 e. The van der Waals surface area contributed by atoms with E-state index >= 15 is 0 Å². The van der Waals surface area contributed by atoms with Crippen molar-refractivity contribution in [1.29, 1.82) is 0 Å². The smallest absolute Gasteiger partial charge is 0.119 e. The van der Waals surface area contributed by atoms with E-state index in [1.54, 1.807) is 7.05 Å². The zero-order valence-electron chi connectivity index (χ0n) is 8.03. The second kappa shape index (κ2) is 4.84. The molecule has 0 bridgehead atoms. The molecule has 1 aromatic carbocycles. The summed E-state index contributed by atoms with van der Waals surface area (Å²) in [6.45, 7) is 3.13. The third-order valence-electron chi connectivity index (χ3n) is 1.62. The predicted octanol–water partition coefficient (Wildman–Crippen LogP) is 1.91. The van der Waals surface area contributed by atoms with Crippen LogP contribution in [-0.2, 0) is 6.54 Å². The molecule has 0 saturated carbocycles. The highest BCUT2D eigenvalue weighted by Gasteiger charge is 1.98. The first-order chi connectivity index (χ1) is 6.22. The minimum Gasteiger partial charge on any atom is -0.494 e. The zero-order valence-corrected chi connectivity index (χ0v) is 8.03. The molecule has 0 unspecified atom stereocenters. The van der Waals surface area contributed by atoms with Crippen LogP contribution >= 0.6 is 0 Å². The monoisotopic (exact) mass is 181 g/mol. The highest BCUT2D eigenvalue weighted by atomic mass is 16.5. The molecule has 0 aliphatic carbocycles. The Labute approximate surface area is 78.5 Å². The van der Waals surface area contributed by atoms with Crippen LogP contribution in [0.15, 0.2) is 24.3 Å². The lowest BCUT2D eigenvalue weighted by Crippen LogP contribution is -2.11. The molecular weight excluding hydrogens is 166 g/mol. The number of ether oxygens (including phenoxy) is 1. The molecule has 72 valence electrons. The molecule has 0 spiro atoms. The van der Waals surface area contributed by atoms with Gasteiger partial charge in [-0.05, 0) is 24.6 Å². The molecular formula is C10H15NO2. The van der Waals surface area contributed by atoms with Crippen LogP contribution in [0.2, 0.25) is 0 Å². The molecule has 0 heterocycles. The normalized spacial score (nSPS) is 10.5. The molecule has 1 aromatic rings. The number of nitrogens with zero attached hydrogens (tertiary/aromatic N) is 1. The van der Waals surface area contributed by atoms with Crippen LogP contribution in [0.25, 0.3) is 0 Å². The topological polar surface area (TPSA) is 32.7 Å². The van der Waals surface area contributed by atoms with E-state index in [0.29, 0.717) is 13.2 Å². The summed E-state index contributed by atoms with van der Waals surface area (Å²) in [5.41, 5.74) is 1.04. The summed E-state index contributed by atoms with van der Waals surface area (Å²) in [6, 6.07) is 7.71. The number of rotatable bonds is 4. The molecule has 0 fully saturated rings. The molecule has 1 N–H and O–H groups in total. The van der Waals surface area contributed by atoms with Crippen LogP contribution in [0, 0.1) is 0 Å². The van der Waals surface area contributed by atoms with Gasteiger partial charge in [-0.3, -0.25) is 0 Å². The highest BCUT2D eigenvalue weighted by Crippen LogP contribution is 2.13. The van der Waals surface area contributed by atoms with Gasteiger partial charge in [-0.1, -0.05) is 12.1 Å². The van der Waals surface area contributed by atoms with Crippen LogP contribution in [0.1, 0.15) is 12.5 Å². The first-order valence-electron chi connectivity index (χ1n) is 4.34. The van der Waals surface area contributed by atoms with Crippen LogP contribution < -0.4 is 4.74 Å². The summed E-state index contributed by atoms with van der Waals surface area (Å²) in [6.07, 6.45) is 0. The van der Waals surface area contributed by atoms with Crippen LogP contribution in [0.5, 0.6) is 5.75 Å². The van der Waals surface area contributed by atoms with Crippen molar-refractivity contribution in [3.05, 3.63) is 29.8 Å². The third-order valence-corrected chi connectivity index (χ3v) is 1.62. The molecule has 3 nitrogen and oxygen atoms in total. The van der Waals surface area contributed by atoms with Gasteiger partial charge in [0, 0.05) is 13.6 Å². The average Bonchev–Trinajstić information content (AvgIpc) is 2.04. The minimum atomic E-state index is 0.515. The van der Waals surface area contributed by atoms with Gasteiger partial charge in [0.05, 0.1) is 6.61 Å². The maximum absolute atomic E-state index is 9.02. The lowest BCUT2D eigenvalue weighted by molar-refractivity contribution is -0.0731. The van der Waals surface area contributed by atoms with E-state index in [1.165, 1.54) is 0 Å². The summed E-state index contributed by atoms with van der Waals surface area (Å²) in [5.74, 6) is 0.849. The van der Waals surface area contributed by atoms with Gasteiger partial charge in [0.2, 0.25) is 0 Å². The van der Waals surface area contributed by atoms with E-state index in [-0.39, 0.29) is 0 Å². The lowest BCUT2D eigenvalue weighted by Gasteiger charge is -2.09. The molecule has 0 atom stereocenters. The van der Waals surface area contributed by atoms with Crippen molar-refractivity contribution in [2.24, 2.45) is 0 Å². The quantitative estimate of drug-likeness (QED) is 0.720. The van der Waals surface area contributed by atoms with Gasteiger partial charge in [0.1, 0.15) is 5.75 Å². The number of benzene rings is 1. The van der Waals surface area contributed by atoms with Crippen molar-refractivity contribution in [3.63, 3.8) is 0 Å². The van der Waals surface area contributed by atoms with E-state index in [2.05, 4.69) is 0 Å². The Bertz CT molecular complexity index is 261. The van der Waals surface area contributed by atoms with E-state index < -0.39 is 0 Å². The molecule has 0 saturated heterocycles. The van der Waals surface area contributed by atoms with Gasteiger partial charge in [0.15, 0.2) is 0 Å². The van der Waals surface area contributed by atoms with Crippen molar-refractivity contribution in [2.45, 2.75) is 13.5 Å². The van der Waals surface area contributed by atoms with Crippen molar-refractivity contribution < 1.29 is 9.94 Å². The fraction of sp³-hybridized carbons (Fsp3) is 0.400. The summed E-state index contributed by atoms with van der Waals surface area (Å²) >= 11 is 0. The maximum Gasteiger partial charge on any atom is 0.119 e. The molecule has 3 heteroatoms. The molecule has 0 radical (unpaired) electrons. The number of hydroxylamine groups is 2. The van der Waals surface area contributed by atoms with Gasteiger partial charge < -0.3 is 9.94 Å². The Kier molecular flexibility index (Phi) is 3.73. The van der Waals surface area contributed by atoms with E-state index in [9.17, 15) is 0 Å². The molecule has 0 aliphatic rings. The summed E-state index contributed by atoms with van der Waals surface area (Å²) in [4.78, 5) is 0. The average molecular weight is 181 g/mol. The third kappa shape index (κ3) is 3.44. The number of hydrogen-bond donors (Lipinski definition) is 1. The zero-order chi connectivity index (χ0) is 9.68. The SMILES string of the molecule is CCOc1cccc(CN(C)O)c1. The summed E-state index contributed by atoms with van der Waals surface area (Å²) in [7, 11) is 1.62.